The van der Waals surface area contributed by atoms with Crippen molar-refractivity contribution in [1.29, 1.82) is 0 Å². The van der Waals surface area contributed by atoms with E-state index in [9.17, 15) is 8.42 Å². The maximum Gasteiger partial charge on any atom is 0.214 e. The van der Waals surface area contributed by atoms with Gasteiger partial charge in [0.25, 0.3) is 0 Å². The summed E-state index contributed by atoms with van der Waals surface area (Å²) in [6.45, 7) is 5.78. The minimum Gasteiger partial charge on any atom is -0.320 e. The van der Waals surface area contributed by atoms with Gasteiger partial charge in [-0.05, 0) is 52.1 Å². The molecule has 0 saturated carbocycles. The van der Waals surface area contributed by atoms with Gasteiger partial charge in [-0.2, -0.15) is 4.31 Å². The molecule has 1 N–H and O–H groups in total. The smallest absolute Gasteiger partial charge is 0.214 e. The van der Waals surface area contributed by atoms with Gasteiger partial charge in [0.1, 0.15) is 0 Å². The van der Waals surface area contributed by atoms with Crippen LogP contribution in [0.2, 0.25) is 0 Å². The molecule has 0 aromatic rings. The normalized spacial score (nSPS) is 27.2. The first-order chi connectivity index (χ1) is 7.99. The Kier molecular flexibility index (Phi) is 5.89. The Morgan fingerprint density at radius 1 is 1.29 bits per heavy atom. The second-order valence-corrected chi connectivity index (χ2v) is 7.14. The fourth-order valence-corrected chi connectivity index (χ4v) is 4.32. The van der Waals surface area contributed by atoms with E-state index in [4.69, 9.17) is 0 Å². The number of nitrogens with zero attached hydrogens (tertiary/aromatic N) is 1. The maximum atomic E-state index is 12.2. The van der Waals surface area contributed by atoms with Gasteiger partial charge in [0.2, 0.25) is 10.0 Å². The van der Waals surface area contributed by atoms with Crippen LogP contribution in [0.4, 0.5) is 0 Å². The van der Waals surface area contributed by atoms with Crippen LogP contribution < -0.4 is 5.32 Å². The Morgan fingerprint density at radius 3 is 2.65 bits per heavy atom. The molecule has 0 aliphatic carbocycles. The zero-order valence-corrected chi connectivity index (χ0v) is 12.1. The van der Waals surface area contributed by atoms with E-state index in [1.54, 1.807) is 4.31 Å². The Balaban J connectivity index is 2.51. The van der Waals surface area contributed by atoms with Gasteiger partial charge in [-0.3, -0.25) is 0 Å². The summed E-state index contributed by atoms with van der Waals surface area (Å²) < 4.78 is 26.1. The van der Waals surface area contributed by atoms with E-state index in [1.165, 1.54) is 0 Å². The molecule has 0 aromatic carbocycles. The number of sulfonamides is 1. The Hall–Kier alpha value is -0.130. The third-order valence-electron chi connectivity index (χ3n) is 3.75. The molecule has 4 nitrogen and oxygen atoms in total. The van der Waals surface area contributed by atoms with Gasteiger partial charge >= 0.3 is 0 Å². The van der Waals surface area contributed by atoms with Crippen molar-refractivity contribution in [3.63, 3.8) is 0 Å². The fourth-order valence-electron chi connectivity index (χ4n) is 2.39. The standard InChI is InChI=1S/C12H26N2O2S/c1-11-7-6-9-14(12(11)2)17(15,16)10-5-4-8-13-3/h11-13H,4-10H2,1-3H3. The van der Waals surface area contributed by atoms with Gasteiger partial charge in [0.05, 0.1) is 5.75 Å². The van der Waals surface area contributed by atoms with Crippen molar-refractivity contribution in [3.8, 4) is 0 Å². The van der Waals surface area contributed by atoms with Crippen LogP contribution in [0.5, 0.6) is 0 Å². The number of piperidine rings is 1. The monoisotopic (exact) mass is 262 g/mol. The summed E-state index contributed by atoms with van der Waals surface area (Å²) in [5, 5.41) is 3.04. The lowest BCUT2D eigenvalue weighted by Gasteiger charge is -2.36. The van der Waals surface area contributed by atoms with Crippen LogP contribution in [0.15, 0.2) is 0 Å². The highest BCUT2D eigenvalue weighted by Gasteiger charge is 2.32. The van der Waals surface area contributed by atoms with E-state index in [0.29, 0.717) is 18.2 Å². The van der Waals surface area contributed by atoms with Gasteiger partial charge < -0.3 is 5.32 Å². The zero-order valence-electron chi connectivity index (χ0n) is 11.3. The van der Waals surface area contributed by atoms with Crippen LogP contribution in [0.3, 0.4) is 0 Å². The molecule has 0 radical (unpaired) electrons. The van der Waals surface area contributed by atoms with Crippen LogP contribution in [0, 0.1) is 5.92 Å². The van der Waals surface area contributed by atoms with Crippen molar-refractivity contribution in [2.75, 3.05) is 25.9 Å². The van der Waals surface area contributed by atoms with E-state index < -0.39 is 10.0 Å². The molecule has 1 aliphatic heterocycles. The second kappa shape index (κ2) is 6.71. The summed E-state index contributed by atoms with van der Waals surface area (Å²) in [5.41, 5.74) is 0. The SMILES string of the molecule is CNCCCCS(=O)(=O)N1CCCC(C)C1C. The number of hydrogen-bond acceptors (Lipinski definition) is 3. The first-order valence-corrected chi connectivity index (χ1v) is 8.24. The van der Waals surface area contributed by atoms with E-state index in [0.717, 1.165) is 32.2 Å². The number of hydrogen-bond donors (Lipinski definition) is 1. The molecule has 5 heteroatoms. The lowest BCUT2D eigenvalue weighted by atomic mass is 9.94. The highest BCUT2D eigenvalue weighted by atomic mass is 32.2. The fraction of sp³-hybridized carbons (Fsp3) is 1.00. The van der Waals surface area contributed by atoms with Crippen molar-refractivity contribution in [2.45, 2.75) is 45.6 Å². The highest BCUT2D eigenvalue weighted by molar-refractivity contribution is 7.89. The Bertz CT molecular complexity index is 316. The topological polar surface area (TPSA) is 49.4 Å². The molecule has 0 aromatic heterocycles. The van der Waals surface area contributed by atoms with Crippen LogP contribution in [-0.4, -0.2) is 44.7 Å². The Morgan fingerprint density at radius 2 is 2.00 bits per heavy atom. The number of unbranched alkanes of at least 4 members (excludes halogenated alkanes) is 1. The molecular weight excluding hydrogens is 236 g/mol. The van der Waals surface area contributed by atoms with Crippen molar-refractivity contribution >= 4 is 10.0 Å². The summed E-state index contributed by atoms with van der Waals surface area (Å²) in [6, 6.07) is 0.165. The minimum absolute atomic E-state index is 0.165. The van der Waals surface area contributed by atoms with Crippen molar-refractivity contribution < 1.29 is 8.42 Å². The zero-order chi connectivity index (χ0) is 12.9. The van der Waals surface area contributed by atoms with Gasteiger partial charge in [-0.15, -0.1) is 0 Å². The van der Waals surface area contributed by atoms with Crippen molar-refractivity contribution in [3.05, 3.63) is 0 Å². The summed E-state index contributed by atoms with van der Waals surface area (Å²) in [5.74, 6) is 0.780. The summed E-state index contributed by atoms with van der Waals surface area (Å²) in [4.78, 5) is 0. The average Bonchev–Trinajstić information content (AvgIpc) is 2.28. The maximum absolute atomic E-state index is 12.2. The van der Waals surface area contributed by atoms with Gasteiger partial charge in [0, 0.05) is 12.6 Å². The summed E-state index contributed by atoms with van der Waals surface area (Å²) in [6.07, 6.45) is 3.82. The highest BCUT2D eigenvalue weighted by Crippen LogP contribution is 2.25. The molecule has 1 rings (SSSR count). The molecule has 1 aliphatic rings. The van der Waals surface area contributed by atoms with Gasteiger partial charge in [-0.25, -0.2) is 8.42 Å². The van der Waals surface area contributed by atoms with E-state index in [-0.39, 0.29) is 6.04 Å². The quantitative estimate of drug-likeness (QED) is 0.737. The number of nitrogens with one attached hydrogen (secondary N) is 1. The number of rotatable bonds is 6. The predicted molar refractivity (Wildman–Crippen MR) is 71.5 cm³/mol. The van der Waals surface area contributed by atoms with Crippen LogP contribution in [0.1, 0.15) is 39.5 Å². The molecular formula is C12H26N2O2S. The van der Waals surface area contributed by atoms with E-state index >= 15 is 0 Å². The molecule has 0 spiro atoms. The second-order valence-electron chi connectivity index (χ2n) is 5.10. The molecule has 102 valence electrons. The van der Waals surface area contributed by atoms with Crippen LogP contribution >= 0.6 is 0 Å². The van der Waals surface area contributed by atoms with E-state index in [2.05, 4.69) is 12.2 Å². The first kappa shape index (κ1) is 14.9. The molecule has 2 atom stereocenters. The molecule has 1 heterocycles. The van der Waals surface area contributed by atoms with Crippen molar-refractivity contribution in [2.24, 2.45) is 5.92 Å². The first-order valence-electron chi connectivity index (χ1n) is 6.63. The van der Waals surface area contributed by atoms with Crippen molar-refractivity contribution in [1.82, 2.24) is 9.62 Å². The minimum atomic E-state index is -3.04. The van der Waals surface area contributed by atoms with E-state index in [1.807, 2.05) is 14.0 Å². The average molecular weight is 262 g/mol. The Labute approximate surface area is 106 Å². The molecule has 0 bridgehead atoms. The molecule has 0 amide bonds. The summed E-state index contributed by atoms with van der Waals surface area (Å²) >= 11 is 0. The predicted octanol–water partition coefficient (Wildman–Crippen LogP) is 1.44. The third-order valence-corrected chi connectivity index (χ3v) is 5.79. The van der Waals surface area contributed by atoms with Gasteiger partial charge in [-0.1, -0.05) is 6.92 Å². The largest absolute Gasteiger partial charge is 0.320 e. The third kappa shape index (κ3) is 4.23. The lowest BCUT2D eigenvalue weighted by molar-refractivity contribution is 0.202. The molecule has 1 fully saturated rings. The van der Waals surface area contributed by atoms with Crippen LogP contribution in [0.25, 0.3) is 0 Å². The van der Waals surface area contributed by atoms with Gasteiger partial charge in [0.15, 0.2) is 0 Å². The van der Waals surface area contributed by atoms with Crippen LogP contribution in [-0.2, 0) is 10.0 Å². The molecule has 1 saturated heterocycles. The molecule has 17 heavy (non-hydrogen) atoms. The molecule has 2 unspecified atom stereocenters. The summed E-state index contributed by atoms with van der Waals surface area (Å²) in [7, 11) is -1.15. The lowest BCUT2D eigenvalue weighted by Crippen LogP contribution is -2.46.